The van der Waals surface area contributed by atoms with Crippen molar-refractivity contribution in [3.63, 3.8) is 0 Å². The van der Waals surface area contributed by atoms with Gasteiger partial charge in [0.05, 0.1) is 18.1 Å². The third kappa shape index (κ3) is 2.78. The van der Waals surface area contributed by atoms with Gasteiger partial charge in [-0.05, 0) is 24.3 Å². The van der Waals surface area contributed by atoms with E-state index in [1.807, 2.05) is 6.07 Å². The lowest BCUT2D eigenvalue weighted by Gasteiger charge is -2.14. The Balaban J connectivity index is 1.91. The zero-order valence-electron chi connectivity index (χ0n) is 11.8. The van der Waals surface area contributed by atoms with Gasteiger partial charge in [-0.1, -0.05) is 6.07 Å². The average Bonchev–Trinajstić information content (AvgIpc) is 3.02. The Kier molecular flexibility index (Phi) is 4.02. The van der Waals surface area contributed by atoms with Crippen molar-refractivity contribution in [1.82, 2.24) is 9.55 Å². The molecule has 0 unspecified atom stereocenters. The standard InChI is InChI=1S/C16H15FN2O3/c17-13-4-1-5-14-15(13)16(21)19(10-18-14)8-11(9-20)7-12-3-2-6-22-12/h1-6,10-11,20H,7-9H2/t11-/m0/s1. The number of aromatic nitrogens is 2. The third-order valence-corrected chi connectivity index (χ3v) is 3.59. The van der Waals surface area contributed by atoms with E-state index in [1.54, 1.807) is 18.4 Å². The summed E-state index contributed by atoms with van der Waals surface area (Å²) in [5, 5.41) is 9.47. The van der Waals surface area contributed by atoms with Crippen molar-refractivity contribution in [2.45, 2.75) is 13.0 Å². The number of hydrogen-bond donors (Lipinski definition) is 1. The fourth-order valence-corrected chi connectivity index (χ4v) is 2.47. The Morgan fingerprint density at radius 1 is 1.32 bits per heavy atom. The quantitative estimate of drug-likeness (QED) is 0.782. The van der Waals surface area contributed by atoms with Gasteiger partial charge in [0.1, 0.15) is 17.0 Å². The maximum atomic E-state index is 13.8. The summed E-state index contributed by atoms with van der Waals surface area (Å²) >= 11 is 0. The van der Waals surface area contributed by atoms with E-state index in [4.69, 9.17) is 4.42 Å². The molecule has 22 heavy (non-hydrogen) atoms. The third-order valence-electron chi connectivity index (χ3n) is 3.59. The first-order valence-electron chi connectivity index (χ1n) is 6.96. The summed E-state index contributed by atoms with van der Waals surface area (Å²) in [6.45, 7) is 0.135. The van der Waals surface area contributed by atoms with E-state index in [0.29, 0.717) is 11.9 Å². The van der Waals surface area contributed by atoms with Gasteiger partial charge in [-0.3, -0.25) is 9.36 Å². The van der Waals surface area contributed by atoms with Gasteiger partial charge in [-0.2, -0.15) is 0 Å². The zero-order chi connectivity index (χ0) is 15.5. The smallest absolute Gasteiger partial charge is 0.264 e. The molecule has 3 rings (SSSR count). The second-order valence-corrected chi connectivity index (χ2v) is 5.17. The average molecular weight is 302 g/mol. The Morgan fingerprint density at radius 3 is 2.91 bits per heavy atom. The molecule has 114 valence electrons. The minimum Gasteiger partial charge on any atom is -0.469 e. The zero-order valence-corrected chi connectivity index (χ0v) is 11.8. The number of nitrogens with zero attached hydrogens (tertiary/aromatic N) is 2. The fraction of sp³-hybridized carbons (Fsp3) is 0.250. The van der Waals surface area contributed by atoms with E-state index in [1.165, 1.54) is 23.0 Å². The SMILES string of the molecule is O=c1c2c(F)cccc2ncn1C[C@@H](CO)Cc1ccco1. The Hall–Kier alpha value is -2.47. The molecule has 0 aliphatic heterocycles. The predicted octanol–water partition coefficient (Wildman–Crippen LogP) is 1.98. The molecule has 0 radical (unpaired) electrons. The number of aliphatic hydroxyl groups excluding tert-OH is 1. The van der Waals surface area contributed by atoms with E-state index < -0.39 is 11.4 Å². The van der Waals surface area contributed by atoms with Crippen LogP contribution in [0.3, 0.4) is 0 Å². The van der Waals surface area contributed by atoms with Crippen molar-refractivity contribution in [3.8, 4) is 0 Å². The first-order valence-corrected chi connectivity index (χ1v) is 6.96. The Bertz CT molecular complexity index is 827. The van der Waals surface area contributed by atoms with E-state index in [9.17, 15) is 14.3 Å². The van der Waals surface area contributed by atoms with Gasteiger partial charge in [0.2, 0.25) is 0 Å². The van der Waals surface area contributed by atoms with Crippen LogP contribution in [0, 0.1) is 11.7 Å². The summed E-state index contributed by atoms with van der Waals surface area (Å²) < 4.78 is 20.4. The van der Waals surface area contributed by atoms with Crippen LogP contribution in [0.25, 0.3) is 10.9 Å². The summed E-state index contributed by atoms with van der Waals surface area (Å²) in [6.07, 6.45) is 3.43. The predicted molar refractivity (Wildman–Crippen MR) is 78.9 cm³/mol. The molecule has 0 bridgehead atoms. The molecule has 2 aromatic heterocycles. The lowest BCUT2D eigenvalue weighted by Crippen LogP contribution is -2.27. The van der Waals surface area contributed by atoms with Gasteiger partial charge in [-0.25, -0.2) is 9.37 Å². The van der Waals surface area contributed by atoms with E-state index in [0.717, 1.165) is 5.76 Å². The number of hydrogen-bond acceptors (Lipinski definition) is 4. The summed E-state index contributed by atoms with van der Waals surface area (Å²) in [4.78, 5) is 16.5. The normalized spacial score (nSPS) is 12.6. The van der Waals surface area contributed by atoms with Crippen LogP contribution in [0.2, 0.25) is 0 Å². The maximum absolute atomic E-state index is 13.8. The molecule has 1 atom stereocenters. The Morgan fingerprint density at radius 2 is 2.18 bits per heavy atom. The molecule has 0 amide bonds. The number of benzene rings is 1. The lowest BCUT2D eigenvalue weighted by atomic mass is 10.0. The maximum Gasteiger partial charge on any atom is 0.264 e. The molecular formula is C16H15FN2O3. The molecule has 0 aliphatic rings. The number of fused-ring (bicyclic) bond motifs is 1. The van der Waals surface area contributed by atoms with Crippen LogP contribution >= 0.6 is 0 Å². The van der Waals surface area contributed by atoms with E-state index in [2.05, 4.69) is 4.98 Å². The highest BCUT2D eigenvalue weighted by atomic mass is 19.1. The summed E-state index contributed by atoms with van der Waals surface area (Å²) in [5.74, 6) is -0.0714. The number of rotatable bonds is 5. The van der Waals surface area contributed by atoms with Gasteiger partial charge in [0.25, 0.3) is 5.56 Å². The van der Waals surface area contributed by atoms with Gasteiger partial charge < -0.3 is 9.52 Å². The van der Waals surface area contributed by atoms with E-state index >= 15 is 0 Å². The molecule has 0 saturated heterocycles. The van der Waals surface area contributed by atoms with Crippen LogP contribution in [0.4, 0.5) is 4.39 Å². The van der Waals surface area contributed by atoms with Crippen molar-refractivity contribution in [3.05, 3.63) is 64.9 Å². The topological polar surface area (TPSA) is 68.3 Å². The molecule has 0 spiro atoms. The van der Waals surface area contributed by atoms with Crippen molar-refractivity contribution >= 4 is 10.9 Å². The van der Waals surface area contributed by atoms with Gasteiger partial charge in [0.15, 0.2) is 0 Å². The van der Waals surface area contributed by atoms with Crippen LogP contribution in [0.15, 0.2) is 52.1 Å². The molecule has 0 fully saturated rings. The Labute approximate surface area is 125 Å². The summed E-state index contributed by atoms with van der Waals surface area (Å²) in [5.41, 5.74) is -0.117. The largest absolute Gasteiger partial charge is 0.469 e. The molecule has 6 heteroatoms. The van der Waals surface area contributed by atoms with E-state index in [-0.39, 0.29) is 24.5 Å². The first-order chi connectivity index (χ1) is 10.7. The van der Waals surface area contributed by atoms with Crippen molar-refractivity contribution in [2.24, 2.45) is 5.92 Å². The molecule has 1 N–H and O–H groups in total. The van der Waals surface area contributed by atoms with Crippen LogP contribution in [0.5, 0.6) is 0 Å². The molecule has 1 aromatic carbocycles. The molecule has 3 aromatic rings. The van der Waals surface area contributed by atoms with Crippen LogP contribution < -0.4 is 5.56 Å². The van der Waals surface area contributed by atoms with Gasteiger partial charge in [0, 0.05) is 25.5 Å². The van der Waals surface area contributed by atoms with Crippen molar-refractivity contribution in [2.75, 3.05) is 6.61 Å². The van der Waals surface area contributed by atoms with Gasteiger partial charge in [-0.15, -0.1) is 0 Å². The summed E-state index contributed by atoms with van der Waals surface area (Å²) in [6, 6.07) is 7.92. The van der Waals surface area contributed by atoms with Gasteiger partial charge >= 0.3 is 0 Å². The summed E-state index contributed by atoms with van der Waals surface area (Å²) in [7, 11) is 0. The molecule has 2 heterocycles. The highest BCUT2D eigenvalue weighted by molar-refractivity contribution is 5.77. The number of aliphatic hydroxyl groups is 1. The molecule has 5 nitrogen and oxygen atoms in total. The van der Waals surface area contributed by atoms with Crippen LogP contribution in [-0.4, -0.2) is 21.3 Å². The highest BCUT2D eigenvalue weighted by Crippen LogP contribution is 2.13. The molecular weight excluding hydrogens is 287 g/mol. The minimum absolute atomic E-state index is 0.0281. The second kappa shape index (κ2) is 6.11. The first kappa shape index (κ1) is 14.5. The lowest BCUT2D eigenvalue weighted by molar-refractivity contribution is 0.203. The second-order valence-electron chi connectivity index (χ2n) is 5.17. The highest BCUT2D eigenvalue weighted by Gasteiger charge is 2.15. The minimum atomic E-state index is -0.587. The van der Waals surface area contributed by atoms with Crippen LogP contribution in [-0.2, 0) is 13.0 Å². The van der Waals surface area contributed by atoms with Crippen molar-refractivity contribution in [1.29, 1.82) is 0 Å². The monoisotopic (exact) mass is 302 g/mol. The molecule has 0 saturated carbocycles. The number of halogens is 1. The number of furan rings is 1. The van der Waals surface area contributed by atoms with Crippen LogP contribution in [0.1, 0.15) is 5.76 Å². The molecule has 0 aliphatic carbocycles. The fourth-order valence-electron chi connectivity index (χ4n) is 2.47. The van der Waals surface area contributed by atoms with Crippen molar-refractivity contribution < 1.29 is 13.9 Å².